The third kappa shape index (κ3) is 8.65. The molecule has 10 aliphatic carbocycles. The Bertz CT molecular complexity index is 2610. The lowest BCUT2D eigenvalue weighted by Crippen LogP contribution is -2.66. The van der Waals surface area contributed by atoms with E-state index < -0.39 is 17.8 Å². The molecule has 1 heterocycles. The molecule has 1 aliphatic heterocycles. The molecule has 8 saturated carbocycles. The molecule has 0 spiro atoms. The molecule has 9 fully saturated rings. The first-order valence-corrected chi connectivity index (χ1v) is 34.1. The van der Waals surface area contributed by atoms with Crippen molar-refractivity contribution in [2.45, 2.75) is 211 Å². The van der Waals surface area contributed by atoms with Crippen molar-refractivity contribution in [1.82, 2.24) is 0 Å². The number of aliphatic hydroxyl groups excluding tert-OH is 1. The number of aliphatic hydroxyl groups is 1. The van der Waals surface area contributed by atoms with Gasteiger partial charge < -0.3 is 24.2 Å². The fourth-order valence-electron chi connectivity index (χ4n) is 23.3. The summed E-state index contributed by atoms with van der Waals surface area (Å²) in [5, 5.41) is 10.7. The molecular weight excluding hydrogens is 1010 g/mol. The third-order valence-corrected chi connectivity index (χ3v) is 27.4. The second-order valence-corrected chi connectivity index (χ2v) is 33.3. The molecule has 77 heavy (non-hydrogen) atoms. The van der Waals surface area contributed by atoms with Gasteiger partial charge in [0.2, 0.25) is 11.4 Å². The average molecular weight is 1110 g/mol. The van der Waals surface area contributed by atoms with Crippen molar-refractivity contribution < 1.29 is 24.2 Å². The Kier molecular flexibility index (Phi) is 15.7. The standard InChI is InChI=1S/C36H53NO3.C31H45NO2.H2P2S/c1-23(2)24-14-17-36(22-40-29-11-9-10-20-39-29)19-18-34(6)25(30(24)36)12-13-28-33(5)21-26(37-8)31(38)32(3,4)27(33)15-16-35(28,34)7;1-19(2)20-11-14-31(18-33)16-15-29(6)21(25(20)31)9-10-24-28(5)17-22(32-8)26(34)27(3,4)23(28)12-13-30(24,29)7;1-2-3/h21,24-25,27-30H,1,9-20,22H2,2-7H3;17,20-21,23-25,33H,1,9-16,18H2,2-7H3;1H2/p+1/t24-,25+,27-,28+,29?,30+,33-,34+,35+,36+;20-,21+,23-,24+,25+,28-,29+,30+,31+;/m00./s1/i/hT. The predicted octanol–water partition coefficient (Wildman–Crippen LogP) is 16.9. The second-order valence-electron chi connectivity index (χ2n) is 30.6. The summed E-state index contributed by atoms with van der Waals surface area (Å²) in [6.07, 6.45) is 26.6. The van der Waals surface area contributed by atoms with E-state index in [9.17, 15) is 14.7 Å². The van der Waals surface area contributed by atoms with Gasteiger partial charge in [-0.25, -0.2) is 9.69 Å². The fraction of sp³-hybridized carbons (Fsp3) is 0.821. The summed E-state index contributed by atoms with van der Waals surface area (Å²) in [6.45, 7) is 53.8. The van der Waals surface area contributed by atoms with Crippen molar-refractivity contribution in [3.63, 3.8) is 0 Å². The lowest BCUT2D eigenvalue weighted by atomic mass is 9.33. The van der Waals surface area contributed by atoms with Crippen LogP contribution < -0.4 is 0 Å². The van der Waals surface area contributed by atoms with Gasteiger partial charge in [-0.05, 0) is 238 Å². The zero-order valence-electron chi connectivity index (χ0n) is 50.9. The van der Waals surface area contributed by atoms with Crippen LogP contribution in [0.2, 0.25) is 0 Å². The minimum Gasteiger partial charge on any atom is -0.396 e. The monoisotopic (exact) mass is 1110 g/mol. The SMILES string of the molecule is [3H][P+](P)=S.[C-]#[N+]C1=C[C@]2(C)[C@H]3CC[C@@H]4[C@H]5[C@H](C(=C)C)CC[C@]5(CO)CC[C@@]4(C)[C@]3(C)CC[C@H]2C(C)(C)C1=O.[C-]#[N+]C1=C[C@]2(C)[C@H]3CC[C@@H]4[C@H]5[C@H](C(=C)C)CC[C@]5(COC5CCCCO5)CC[C@@]4(C)[C@]3(C)CC[C@H]2C(C)(C)C1=O. The van der Waals surface area contributed by atoms with Crippen molar-refractivity contribution >= 4 is 39.3 Å². The number of carbonyl (C=O) groups is 2. The molecular formula is C67H101N2O5P2S+. The van der Waals surface area contributed by atoms with Crippen molar-refractivity contribution in [3.05, 3.63) is 70.7 Å². The van der Waals surface area contributed by atoms with E-state index in [1.165, 1.54) is 88.2 Å². The van der Waals surface area contributed by atoms with E-state index in [1.807, 2.05) is 0 Å². The molecule has 11 rings (SSSR count). The van der Waals surface area contributed by atoms with Gasteiger partial charge in [0.05, 0.1) is 28.7 Å². The minimum atomic E-state index is -0.870. The molecule has 0 aromatic heterocycles. The van der Waals surface area contributed by atoms with Gasteiger partial charge in [0, 0.05) is 24.0 Å². The molecule has 21 atom stereocenters. The molecule has 0 aromatic rings. The highest BCUT2D eigenvalue weighted by Crippen LogP contribution is 2.79. The van der Waals surface area contributed by atoms with Gasteiger partial charge in [-0.3, -0.25) is 0 Å². The lowest BCUT2D eigenvalue weighted by molar-refractivity contribution is -0.235. The quantitative estimate of drug-likeness (QED) is 0.162. The Morgan fingerprint density at radius 1 is 0.662 bits per heavy atom. The summed E-state index contributed by atoms with van der Waals surface area (Å²) in [4.78, 5) is 34.0. The van der Waals surface area contributed by atoms with E-state index in [-0.39, 0.29) is 61.2 Å². The average Bonchev–Trinajstić information content (AvgIpc) is 2.16. The van der Waals surface area contributed by atoms with Crippen LogP contribution in [0.1, 0.15) is 205 Å². The number of hydrogen-bond donors (Lipinski definition) is 1. The highest BCUT2D eigenvalue weighted by Gasteiger charge is 2.73. The van der Waals surface area contributed by atoms with Gasteiger partial charge in [-0.15, -0.1) is 0 Å². The van der Waals surface area contributed by atoms with Crippen LogP contribution in [-0.4, -0.2) is 44.1 Å². The second kappa shape index (κ2) is 20.8. The lowest BCUT2D eigenvalue weighted by Gasteiger charge is -2.72. The Balaban J connectivity index is 0.000000180. The third-order valence-electron chi connectivity index (χ3n) is 27.4. The summed E-state index contributed by atoms with van der Waals surface area (Å²) < 4.78 is 19.1. The first kappa shape index (κ1) is 58.3. The van der Waals surface area contributed by atoms with Crippen LogP contribution in [0.4, 0.5) is 0 Å². The van der Waals surface area contributed by atoms with Crippen molar-refractivity contribution in [3.8, 4) is 0 Å². The number of nitrogens with zero attached hydrogens (tertiary/aromatic N) is 2. The summed E-state index contributed by atoms with van der Waals surface area (Å²) >= 11 is 4.31. The number of rotatable bonds is 6. The van der Waals surface area contributed by atoms with Crippen LogP contribution in [0.3, 0.4) is 0 Å². The minimum absolute atomic E-state index is 0.0229. The zero-order chi connectivity index (χ0) is 57.2. The molecule has 11 aliphatic rings. The van der Waals surface area contributed by atoms with Gasteiger partial charge >= 0.3 is 1.28 Å². The summed E-state index contributed by atoms with van der Waals surface area (Å²) in [6, 6.07) is 0. The topological polar surface area (TPSA) is 81.6 Å². The zero-order valence-corrected chi connectivity index (χ0v) is 52.7. The van der Waals surface area contributed by atoms with E-state index in [0.717, 1.165) is 58.2 Å². The van der Waals surface area contributed by atoms with Crippen LogP contribution >= 0.6 is 15.9 Å². The van der Waals surface area contributed by atoms with Crippen molar-refractivity contribution in [2.75, 3.05) is 19.8 Å². The van der Waals surface area contributed by atoms with E-state index in [2.05, 4.69) is 139 Å². The van der Waals surface area contributed by atoms with E-state index >= 15 is 0 Å². The van der Waals surface area contributed by atoms with Crippen LogP contribution in [0.5, 0.6) is 0 Å². The van der Waals surface area contributed by atoms with Gasteiger partial charge in [-0.2, -0.15) is 0 Å². The molecule has 10 heteroatoms. The maximum atomic E-state index is 13.3. The largest absolute Gasteiger partial charge is 0.396 e. The van der Waals surface area contributed by atoms with Crippen LogP contribution in [0, 0.1) is 126 Å². The smallest absolute Gasteiger partial charge is 0.355 e. The maximum Gasteiger partial charge on any atom is 0.355 e. The number of carbonyl (C=O) groups excluding carboxylic acids is 2. The predicted molar refractivity (Wildman–Crippen MR) is 321 cm³/mol. The van der Waals surface area contributed by atoms with Gasteiger partial charge in [0.15, 0.2) is 36.7 Å². The summed E-state index contributed by atoms with van der Waals surface area (Å²) in [7, 11) is 2.20. The Labute approximate surface area is 477 Å². The highest BCUT2D eigenvalue weighted by atomic mass is 32.6. The van der Waals surface area contributed by atoms with Crippen molar-refractivity contribution in [2.24, 2.45) is 113 Å². The van der Waals surface area contributed by atoms with Gasteiger partial charge in [-0.1, -0.05) is 106 Å². The van der Waals surface area contributed by atoms with Gasteiger partial charge in [0.25, 0.3) is 0 Å². The molecule has 0 aromatic carbocycles. The summed E-state index contributed by atoms with van der Waals surface area (Å²) in [5.74, 6) is 5.22. The van der Waals surface area contributed by atoms with E-state index in [0.29, 0.717) is 77.2 Å². The summed E-state index contributed by atoms with van der Waals surface area (Å²) in [5.41, 5.74) is 3.37. The highest BCUT2D eigenvalue weighted by molar-refractivity contribution is 8.24. The Morgan fingerprint density at radius 2 is 1.09 bits per heavy atom. The Hall–Kier alpha value is -1.89. The van der Waals surface area contributed by atoms with Crippen LogP contribution in [0.25, 0.3) is 9.69 Å². The van der Waals surface area contributed by atoms with E-state index in [4.69, 9.17) is 23.9 Å². The Morgan fingerprint density at radius 3 is 1.49 bits per heavy atom. The number of ketones is 2. The number of fused-ring (bicyclic) bond motifs is 14. The normalized spacial score (nSPS) is 49.0. The number of hydrogen-bond acceptors (Lipinski definition) is 6. The first-order valence-electron chi connectivity index (χ1n) is 31.0. The molecule has 7 nitrogen and oxygen atoms in total. The molecule has 1 N–H and O–H groups in total. The first-order chi connectivity index (χ1) is 36.4. The molecule has 0 amide bonds. The van der Waals surface area contributed by atoms with Gasteiger partial charge in [0.1, 0.15) is 0 Å². The van der Waals surface area contributed by atoms with Crippen molar-refractivity contribution in [1.29, 1.82) is 1.28 Å². The molecule has 0 bridgehead atoms. The number of ether oxygens (including phenoxy) is 2. The number of Topliss-reactive ketones (excluding diaryl/α,β-unsaturated/α-hetero) is 2. The number of allylic oxidation sites excluding steroid dienone is 6. The van der Waals surface area contributed by atoms with E-state index in [1.54, 1.807) is 0 Å². The van der Waals surface area contributed by atoms with Crippen LogP contribution in [-0.2, 0) is 30.9 Å². The van der Waals surface area contributed by atoms with Crippen LogP contribution in [0.15, 0.2) is 47.9 Å². The molecule has 424 valence electrons. The fourth-order valence-corrected chi connectivity index (χ4v) is 23.3. The molecule has 1 saturated heterocycles. The molecule has 0 radical (unpaired) electrons. The molecule has 3 unspecified atom stereocenters. The maximum absolute atomic E-state index is 13.3.